The van der Waals surface area contributed by atoms with E-state index in [9.17, 15) is 9.59 Å². The summed E-state index contributed by atoms with van der Waals surface area (Å²) in [5, 5.41) is 0. The number of rotatable bonds is 3. The van der Waals surface area contributed by atoms with Gasteiger partial charge in [-0.25, -0.2) is 4.79 Å². The Morgan fingerprint density at radius 2 is 2.36 bits per heavy atom. The fourth-order valence-corrected chi connectivity index (χ4v) is 1.01. The first-order valence-electron chi connectivity index (χ1n) is 4.27. The van der Waals surface area contributed by atoms with E-state index >= 15 is 0 Å². The largest absolute Gasteiger partial charge is 0.462 e. The van der Waals surface area contributed by atoms with Gasteiger partial charge in [-0.1, -0.05) is 0 Å². The second-order valence-corrected chi connectivity index (χ2v) is 2.68. The van der Waals surface area contributed by atoms with E-state index in [4.69, 9.17) is 10.5 Å². The number of hydrogen-bond donors (Lipinski definition) is 2. The van der Waals surface area contributed by atoms with Gasteiger partial charge in [0.25, 0.3) is 5.56 Å². The average molecular weight is 196 g/mol. The first-order valence-corrected chi connectivity index (χ1v) is 4.27. The molecule has 0 aromatic carbocycles. The van der Waals surface area contributed by atoms with Gasteiger partial charge in [0.2, 0.25) is 0 Å². The summed E-state index contributed by atoms with van der Waals surface area (Å²) >= 11 is 0. The van der Waals surface area contributed by atoms with Gasteiger partial charge in [-0.2, -0.15) is 0 Å². The van der Waals surface area contributed by atoms with Gasteiger partial charge in [0.05, 0.1) is 6.61 Å². The lowest BCUT2D eigenvalue weighted by molar-refractivity contribution is 0.0524. The molecule has 0 aliphatic carbocycles. The minimum Gasteiger partial charge on any atom is -0.462 e. The van der Waals surface area contributed by atoms with Crippen molar-refractivity contribution in [1.29, 1.82) is 0 Å². The van der Waals surface area contributed by atoms with Crippen LogP contribution in [-0.2, 0) is 11.3 Å². The molecule has 5 heteroatoms. The van der Waals surface area contributed by atoms with E-state index in [1.807, 2.05) is 0 Å². The summed E-state index contributed by atoms with van der Waals surface area (Å²) in [7, 11) is 0. The monoisotopic (exact) mass is 196 g/mol. The van der Waals surface area contributed by atoms with Crippen LogP contribution in [-0.4, -0.2) is 17.6 Å². The van der Waals surface area contributed by atoms with Crippen molar-refractivity contribution in [3.8, 4) is 0 Å². The summed E-state index contributed by atoms with van der Waals surface area (Å²) < 4.78 is 4.71. The van der Waals surface area contributed by atoms with Crippen molar-refractivity contribution in [2.75, 3.05) is 6.61 Å². The highest BCUT2D eigenvalue weighted by Gasteiger charge is 2.11. The molecule has 1 heterocycles. The third kappa shape index (κ3) is 2.20. The van der Waals surface area contributed by atoms with Crippen LogP contribution in [0.3, 0.4) is 0 Å². The third-order valence-corrected chi connectivity index (χ3v) is 1.69. The SMILES string of the molecule is CCOC(=O)c1cc(CN)c[nH]c1=O. The quantitative estimate of drug-likeness (QED) is 0.667. The maximum absolute atomic E-state index is 11.3. The molecular weight excluding hydrogens is 184 g/mol. The molecule has 0 saturated carbocycles. The van der Waals surface area contributed by atoms with E-state index in [0.29, 0.717) is 5.56 Å². The molecule has 76 valence electrons. The fourth-order valence-electron chi connectivity index (χ4n) is 1.01. The van der Waals surface area contributed by atoms with Crippen LogP contribution in [0, 0.1) is 0 Å². The summed E-state index contributed by atoms with van der Waals surface area (Å²) in [5.74, 6) is -0.621. The minimum absolute atomic E-state index is 0.00481. The molecule has 3 N–H and O–H groups in total. The summed E-state index contributed by atoms with van der Waals surface area (Å²) in [6.45, 7) is 2.19. The second kappa shape index (κ2) is 4.57. The number of ether oxygens (including phenoxy) is 1. The van der Waals surface area contributed by atoms with Gasteiger partial charge < -0.3 is 15.5 Å². The van der Waals surface area contributed by atoms with Crippen molar-refractivity contribution in [2.45, 2.75) is 13.5 Å². The van der Waals surface area contributed by atoms with Crippen molar-refractivity contribution >= 4 is 5.97 Å². The average Bonchev–Trinajstić information content (AvgIpc) is 2.19. The van der Waals surface area contributed by atoms with Gasteiger partial charge in [-0.3, -0.25) is 4.79 Å². The summed E-state index contributed by atoms with van der Waals surface area (Å²) in [5.41, 5.74) is 5.59. The summed E-state index contributed by atoms with van der Waals surface area (Å²) in [6, 6.07) is 1.44. The van der Waals surface area contributed by atoms with Crippen LogP contribution in [0.2, 0.25) is 0 Å². The topological polar surface area (TPSA) is 85.2 Å². The molecule has 5 nitrogen and oxygen atoms in total. The molecule has 1 rings (SSSR count). The van der Waals surface area contributed by atoms with Gasteiger partial charge >= 0.3 is 5.97 Å². The lowest BCUT2D eigenvalue weighted by Crippen LogP contribution is -2.20. The number of aromatic nitrogens is 1. The number of carbonyl (C=O) groups excluding carboxylic acids is 1. The molecule has 1 aromatic heterocycles. The molecule has 0 aliphatic heterocycles. The van der Waals surface area contributed by atoms with Crippen molar-refractivity contribution < 1.29 is 9.53 Å². The first-order chi connectivity index (χ1) is 6.69. The van der Waals surface area contributed by atoms with Crippen LogP contribution in [0.4, 0.5) is 0 Å². The number of esters is 1. The molecule has 0 atom stereocenters. The van der Waals surface area contributed by atoms with Gasteiger partial charge in [0, 0.05) is 12.7 Å². The van der Waals surface area contributed by atoms with Gasteiger partial charge in [-0.15, -0.1) is 0 Å². The predicted molar refractivity (Wildman–Crippen MR) is 50.9 cm³/mol. The van der Waals surface area contributed by atoms with E-state index in [2.05, 4.69) is 4.98 Å². The lowest BCUT2D eigenvalue weighted by Gasteiger charge is -2.02. The van der Waals surface area contributed by atoms with Crippen LogP contribution >= 0.6 is 0 Å². The Labute approximate surface area is 80.9 Å². The number of pyridine rings is 1. The molecule has 0 aliphatic rings. The zero-order valence-electron chi connectivity index (χ0n) is 7.87. The van der Waals surface area contributed by atoms with E-state index in [0.717, 1.165) is 0 Å². The zero-order valence-corrected chi connectivity index (χ0v) is 7.87. The number of nitrogens with two attached hydrogens (primary N) is 1. The highest BCUT2D eigenvalue weighted by atomic mass is 16.5. The predicted octanol–water partition coefficient (Wildman–Crippen LogP) is 0.0103. The molecule has 0 unspecified atom stereocenters. The Bertz CT molecular complexity index is 384. The van der Waals surface area contributed by atoms with Gasteiger partial charge in [-0.05, 0) is 18.6 Å². The Balaban J connectivity index is 3.06. The number of H-pyrrole nitrogens is 1. The van der Waals surface area contributed by atoms with Crippen LogP contribution in [0.25, 0.3) is 0 Å². The molecule has 0 bridgehead atoms. The van der Waals surface area contributed by atoms with E-state index < -0.39 is 11.5 Å². The Kier molecular flexibility index (Phi) is 3.41. The van der Waals surface area contributed by atoms with Gasteiger partial charge in [0.15, 0.2) is 0 Å². The Morgan fingerprint density at radius 3 is 2.93 bits per heavy atom. The molecule has 14 heavy (non-hydrogen) atoms. The maximum atomic E-state index is 11.3. The standard InChI is InChI=1S/C9H12N2O3/c1-2-14-9(13)7-3-6(4-10)5-11-8(7)12/h3,5H,2,4,10H2,1H3,(H,11,12). The Morgan fingerprint density at radius 1 is 1.64 bits per heavy atom. The van der Waals surface area contributed by atoms with Crippen LogP contribution in [0.1, 0.15) is 22.8 Å². The van der Waals surface area contributed by atoms with Crippen molar-refractivity contribution in [1.82, 2.24) is 4.98 Å². The summed E-state index contributed by atoms with van der Waals surface area (Å²) in [4.78, 5) is 24.9. The number of hydrogen-bond acceptors (Lipinski definition) is 4. The minimum atomic E-state index is -0.621. The van der Waals surface area contributed by atoms with E-state index in [-0.39, 0.29) is 18.7 Å². The highest BCUT2D eigenvalue weighted by molar-refractivity contribution is 5.89. The van der Waals surface area contributed by atoms with Crippen LogP contribution in [0.5, 0.6) is 0 Å². The highest BCUT2D eigenvalue weighted by Crippen LogP contribution is 1.99. The third-order valence-electron chi connectivity index (χ3n) is 1.69. The Hall–Kier alpha value is -1.62. The maximum Gasteiger partial charge on any atom is 0.343 e. The van der Waals surface area contributed by atoms with Crippen LogP contribution < -0.4 is 11.3 Å². The normalized spacial score (nSPS) is 9.86. The van der Waals surface area contributed by atoms with Crippen molar-refractivity contribution in [2.24, 2.45) is 5.73 Å². The molecule has 0 spiro atoms. The summed E-state index contributed by atoms with van der Waals surface area (Å²) in [6.07, 6.45) is 1.48. The molecule has 0 radical (unpaired) electrons. The molecule has 1 aromatic rings. The molecule has 0 saturated heterocycles. The number of aromatic amines is 1. The second-order valence-electron chi connectivity index (χ2n) is 2.68. The fraction of sp³-hybridized carbons (Fsp3) is 0.333. The number of nitrogens with one attached hydrogen (secondary N) is 1. The molecular formula is C9H12N2O3. The van der Waals surface area contributed by atoms with Crippen molar-refractivity contribution in [3.05, 3.63) is 33.7 Å². The van der Waals surface area contributed by atoms with Crippen molar-refractivity contribution in [3.63, 3.8) is 0 Å². The first kappa shape index (κ1) is 10.5. The van der Waals surface area contributed by atoms with E-state index in [1.165, 1.54) is 12.3 Å². The lowest BCUT2D eigenvalue weighted by atomic mass is 10.2. The zero-order chi connectivity index (χ0) is 10.6. The van der Waals surface area contributed by atoms with Crippen LogP contribution in [0.15, 0.2) is 17.1 Å². The van der Waals surface area contributed by atoms with Gasteiger partial charge in [0.1, 0.15) is 5.56 Å². The smallest absolute Gasteiger partial charge is 0.343 e. The molecule has 0 amide bonds. The number of carbonyl (C=O) groups is 1. The molecule has 0 fully saturated rings. The van der Waals surface area contributed by atoms with E-state index in [1.54, 1.807) is 6.92 Å².